The van der Waals surface area contributed by atoms with Gasteiger partial charge < -0.3 is 15.2 Å². The minimum Gasteiger partial charge on any atom is -0.492 e. The van der Waals surface area contributed by atoms with Gasteiger partial charge in [0.15, 0.2) is 0 Å². The molecule has 1 heterocycles. The minimum atomic E-state index is -1.10. The number of fused-ring (bicyclic) bond motifs is 1. The van der Waals surface area contributed by atoms with Crippen molar-refractivity contribution in [3.8, 4) is 5.75 Å². The highest BCUT2D eigenvalue weighted by Gasteiger charge is 2.20. The van der Waals surface area contributed by atoms with Crippen LogP contribution in [0.3, 0.4) is 0 Å². The van der Waals surface area contributed by atoms with Gasteiger partial charge in [-0.15, -0.1) is 0 Å². The highest BCUT2D eigenvalue weighted by molar-refractivity contribution is 6.31. The number of aliphatic hydroxyl groups excluding tert-OH is 1. The Kier molecular flexibility index (Phi) is 4.10. The molecule has 0 spiro atoms. The molecule has 0 saturated carbocycles. The van der Waals surface area contributed by atoms with Crippen LogP contribution in [-0.4, -0.2) is 18.3 Å². The second kappa shape index (κ2) is 6.02. The number of nitrogens with one attached hydrogen (secondary N) is 1. The van der Waals surface area contributed by atoms with E-state index in [1.54, 1.807) is 18.2 Å². The van der Waals surface area contributed by atoms with Gasteiger partial charge in [-0.25, -0.2) is 4.39 Å². The predicted molar refractivity (Wildman–Crippen MR) is 79.1 cm³/mol. The van der Waals surface area contributed by atoms with Crippen molar-refractivity contribution >= 4 is 11.6 Å². The number of hydrogen-bond acceptors (Lipinski definition) is 3. The van der Waals surface area contributed by atoms with Crippen molar-refractivity contribution in [2.75, 3.05) is 13.2 Å². The van der Waals surface area contributed by atoms with Gasteiger partial charge in [0.05, 0.1) is 0 Å². The molecule has 0 aliphatic carbocycles. The monoisotopic (exact) mass is 307 g/mol. The maximum Gasteiger partial charge on any atom is 0.130 e. The van der Waals surface area contributed by atoms with Crippen LogP contribution in [0.15, 0.2) is 36.4 Å². The lowest BCUT2D eigenvalue weighted by Crippen LogP contribution is -2.16. The van der Waals surface area contributed by atoms with Gasteiger partial charge >= 0.3 is 0 Å². The van der Waals surface area contributed by atoms with Crippen LogP contribution >= 0.6 is 11.6 Å². The van der Waals surface area contributed by atoms with E-state index in [-0.39, 0.29) is 10.6 Å². The van der Waals surface area contributed by atoms with Crippen LogP contribution in [0.4, 0.5) is 4.39 Å². The normalized spacial score (nSPS) is 15.8. The molecular weight excluding hydrogens is 293 g/mol. The van der Waals surface area contributed by atoms with E-state index in [1.807, 2.05) is 6.07 Å². The highest BCUT2D eigenvalue weighted by Crippen LogP contribution is 2.33. The van der Waals surface area contributed by atoms with Gasteiger partial charge in [-0.3, -0.25) is 0 Å². The van der Waals surface area contributed by atoms with Crippen LogP contribution in [-0.2, 0) is 6.54 Å². The molecule has 21 heavy (non-hydrogen) atoms. The SMILES string of the molecule is OC(c1ccc2c(c1)CNCCO2)c1c(F)cccc1Cl. The zero-order chi connectivity index (χ0) is 14.8. The maximum absolute atomic E-state index is 13.9. The molecule has 5 heteroatoms. The van der Waals surface area contributed by atoms with Crippen LogP contribution in [0.5, 0.6) is 5.75 Å². The molecule has 2 aromatic rings. The zero-order valence-electron chi connectivity index (χ0n) is 11.3. The summed E-state index contributed by atoms with van der Waals surface area (Å²) in [6.07, 6.45) is -1.10. The van der Waals surface area contributed by atoms with Crippen molar-refractivity contribution in [2.24, 2.45) is 0 Å². The summed E-state index contributed by atoms with van der Waals surface area (Å²) in [5.41, 5.74) is 1.63. The van der Waals surface area contributed by atoms with Crippen LogP contribution in [0.2, 0.25) is 5.02 Å². The molecule has 2 N–H and O–H groups in total. The van der Waals surface area contributed by atoms with Gasteiger partial charge in [-0.2, -0.15) is 0 Å². The number of benzene rings is 2. The van der Waals surface area contributed by atoms with E-state index < -0.39 is 11.9 Å². The Labute approximate surface area is 127 Å². The van der Waals surface area contributed by atoms with Gasteiger partial charge in [0.25, 0.3) is 0 Å². The number of rotatable bonds is 2. The molecule has 0 aromatic heterocycles. The van der Waals surface area contributed by atoms with Crippen molar-refractivity contribution in [1.82, 2.24) is 5.32 Å². The topological polar surface area (TPSA) is 41.5 Å². The third-order valence-electron chi connectivity index (χ3n) is 3.53. The summed E-state index contributed by atoms with van der Waals surface area (Å²) in [6, 6.07) is 9.73. The quantitative estimate of drug-likeness (QED) is 0.896. The summed E-state index contributed by atoms with van der Waals surface area (Å²) in [7, 11) is 0. The first-order chi connectivity index (χ1) is 10.2. The molecule has 0 bridgehead atoms. The molecule has 0 radical (unpaired) electrons. The van der Waals surface area contributed by atoms with Crippen LogP contribution < -0.4 is 10.1 Å². The molecule has 110 valence electrons. The fourth-order valence-electron chi connectivity index (χ4n) is 2.44. The predicted octanol–water partition coefficient (Wildman–Crippen LogP) is 3.04. The molecule has 0 fully saturated rings. The van der Waals surface area contributed by atoms with Crippen LogP contribution in [0.25, 0.3) is 0 Å². The number of halogens is 2. The maximum atomic E-state index is 13.9. The highest BCUT2D eigenvalue weighted by atomic mass is 35.5. The van der Waals surface area contributed by atoms with E-state index >= 15 is 0 Å². The smallest absolute Gasteiger partial charge is 0.130 e. The first-order valence-electron chi connectivity index (χ1n) is 6.75. The molecule has 1 aliphatic rings. The fraction of sp³-hybridized carbons (Fsp3) is 0.250. The van der Waals surface area contributed by atoms with E-state index in [0.717, 1.165) is 17.9 Å². The summed E-state index contributed by atoms with van der Waals surface area (Å²) in [5, 5.41) is 13.9. The second-order valence-electron chi connectivity index (χ2n) is 4.93. The molecule has 3 nitrogen and oxygen atoms in total. The van der Waals surface area contributed by atoms with Crippen molar-refractivity contribution in [2.45, 2.75) is 12.6 Å². The molecule has 1 atom stereocenters. The Balaban J connectivity index is 1.98. The summed E-state index contributed by atoms with van der Waals surface area (Å²) < 4.78 is 19.5. The largest absolute Gasteiger partial charge is 0.492 e. The molecule has 1 unspecified atom stereocenters. The molecule has 0 saturated heterocycles. The van der Waals surface area contributed by atoms with E-state index in [0.29, 0.717) is 18.7 Å². The van der Waals surface area contributed by atoms with Crippen LogP contribution in [0, 0.1) is 5.82 Å². The number of hydrogen-bond donors (Lipinski definition) is 2. The number of aliphatic hydroxyl groups is 1. The molecule has 1 aliphatic heterocycles. The molecule has 3 rings (SSSR count). The first kappa shape index (κ1) is 14.3. The van der Waals surface area contributed by atoms with Crippen LogP contribution in [0.1, 0.15) is 22.8 Å². The van der Waals surface area contributed by atoms with Gasteiger partial charge in [-0.1, -0.05) is 23.7 Å². The molecular formula is C16H15ClFNO2. The molecule has 2 aromatic carbocycles. The summed E-state index contributed by atoms with van der Waals surface area (Å²) in [6.45, 7) is 2.03. The average Bonchev–Trinajstić information content (AvgIpc) is 2.71. The lowest BCUT2D eigenvalue weighted by Gasteiger charge is -2.16. The van der Waals surface area contributed by atoms with E-state index in [2.05, 4.69) is 5.32 Å². The third kappa shape index (κ3) is 2.88. The Morgan fingerprint density at radius 1 is 1.29 bits per heavy atom. The number of ether oxygens (including phenoxy) is 1. The Morgan fingerprint density at radius 3 is 2.95 bits per heavy atom. The van der Waals surface area contributed by atoms with E-state index in [1.165, 1.54) is 12.1 Å². The van der Waals surface area contributed by atoms with Crippen molar-refractivity contribution < 1.29 is 14.2 Å². The fourth-order valence-corrected chi connectivity index (χ4v) is 2.71. The Hall–Kier alpha value is -1.62. The molecule has 0 amide bonds. The lowest BCUT2D eigenvalue weighted by atomic mass is 9.98. The minimum absolute atomic E-state index is 0.0987. The zero-order valence-corrected chi connectivity index (χ0v) is 12.0. The van der Waals surface area contributed by atoms with E-state index in [9.17, 15) is 9.50 Å². The summed E-state index contributed by atoms with van der Waals surface area (Å²) >= 11 is 6.01. The standard InChI is InChI=1S/C16H15ClFNO2/c17-12-2-1-3-13(18)15(12)16(20)10-4-5-14-11(8-10)9-19-6-7-21-14/h1-5,8,16,19-20H,6-7,9H2. The first-order valence-corrected chi connectivity index (χ1v) is 7.13. The Bertz CT molecular complexity index is 642. The summed E-state index contributed by atoms with van der Waals surface area (Å²) in [5.74, 6) is 0.273. The van der Waals surface area contributed by atoms with Crippen molar-refractivity contribution in [3.63, 3.8) is 0 Å². The van der Waals surface area contributed by atoms with Gasteiger partial charge in [0.1, 0.15) is 24.3 Å². The van der Waals surface area contributed by atoms with Crippen molar-refractivity contribution in [3.05, 3.63) is 63.9 Å². The van der Waals surface area contributed by atoms with Gasteiger partial charge in [0, 0.05) is 29.2 Å². The lowest BCUT2D eigenvalue weighted by molar-refractivity contribution is 0.215. The van der Waals surface area contributed by atoms with Gasteiger partial charge in [-0.05, 0) is 29.8 Å². The Morgan fingerprint density at radius 2 is 2.14 bits per heavy atom. The van der Waals surface area contributed by atoms with Crippen molar-refractivity contribution in [1.29, 1.82) is 0 Å². The third-order valence-corrected chi connectivity index (χ3v) is 3.85. The summed E-state index contributed by atoms with van der Waals surface area (Å²) in [4.78, 5) is 0. The average molecular weight is 308 g/mol. The van der Waals surface area contributed by atoms with E-state index in [4.69, 9.17) is 16.3 Å². The van der Waals surface area contributed by atoms with Gasteiger partial charge in [0.2, 0.25) is 0 Å². The second-order valence-corrected chi connectivity index (χ2v) is 5.34.